The van der Waals surface area contributed by atoms with E-state index in [4.69, 9.17) is 0 Å². The summed E-state index contributed by atoms with van der Waals surface area (Å²) in [5.74, 6) is -1.13. The molecule has 0 radical (unpaired) electrons. The summed E-state index contributed by atoms with van der Waals surface area (Å²) >= 11 is 0. The maximum Gasteiger partial charge on any atom is 0.131 e. The highest BCUT2D eigenvalue weighted by molar-refractivity contribution is 5.30. The standard InChI is InChI=1S/C14H17F2N3/c1-4-19-13(7-9(2)18-19)14(17-3)11-6-5-10(15)8-12(11)16/h5-8,14,17H,4H2,1-3H3. The lowest BCUT2D eigenvalue weighted by Gasteiger charge is -2.18. The summed E-state index contributed by atoms with van der Waals surface area (Å²) in [6, 6.07) is 5.20. The van der Waals surface area contributed by atoms with Gasteiger partial charge in [0.2, 0.25) is 0 Å². The van der Waals surface area contributed by atoms with Gasteiger partial charge in [0, 0.05) is 18.2 Å². The zero-order chi connectivity index (χ0) is 14.0. The van der Waals surface area contributed by atoms with Crippen molar-refractivity contribution in [3.8, 4) is 0 Å². The van der Waals surface area contributed by atoms with Gasteiger partial charge in [-0.05, 0) is 33.0 Å². The van der Waals surface area contributed by atoms with Crippen LogP contribution in [0.3, 0.4) is 0 Å². The van der Waals surface area contributed by atoms with Crippen LogP contribution in [0.5, 0.6) is 0 Å². The van der Waals surface area contributed by atoms with Gasteiger partial charge in [-0.1, -0.05) is 6.07 Å². The molecule has 1 N–H and O–H groups in total. The minimum atomic E-state index is -0.573. The van der Waals surface area contributed by atoms with Crippen LogP contribution in [-0.2, 0) is 6.54 Å². The molecular formula is C14H17F2N3. The zero-order valence-electron chi connectivity index (χ0n) is 11.2. The van der Waals surface area contributed by atoms with E-state index in [1.807, 2.05) is 24.6 Å². The van der Waals surface area contributed by atoms with Gasteiger partial charge in [-0.3, -0.25) is 4.68 Å². The number of hydrogen-bond donors (Lipinski definition) is 1. The highest BCUT2D eigenvalue weighted by atomic mass is 19.1. The second kappa shape index (κ2) is 5.48. The SMILES string of the molecule is CCn1nc(C)cc1C(NC)c1ccc(F)cc1F. The minimum absolute atomic E-state index is 0.346. The van der Waals surface area contributed by atoms with Crippen LogP contribution in [0.1, 0.15) is 29.9 Å². The third-order valence-electron chi connectivity index (χ3n) is 3.09. The molecule has 0 fully saturated rings. The van der Waals surface area contributed by atoms with E-state index in [2.05, 4.69) is 10.4 Å². The topological polar surface area (TPSA) is 29.9 Å². The maximum absolute atomic E-state index is 13.9. The highest BCUT2D eigenvalue weighted by Crippen LogP contribution is 2.25. The largest absolute Gasteiger partial charge is 0.308 e. The summed E-state index contributed by atoms with van der Waals surface area (Å²) in [7, 11) is 1.75. The summed E-state index contributed by atoms with van der Waals surface area (Å²) in [6.45, 7) is 4.57. The number of nitrogens with one attached hydrogen (secondary N) is 1. The Morgan fingerprint density at radius 2 is 2.05 bits per heavy atom. The van der Waals surface area contributed by atoms with Gasteiger partial charge in [-0.25, -0.2) is 8.78 Å². The van der Waals surface area contributed by atoms with Crippen molar-refractivity contribution in [2.24, 2.45) is 0 Å². The number of halogens is 2. The second-order valence-electron chi connectivity index (χ2n) is 4.41. The van der Waals surface area contributed by atoms with E-state index in [0.717, 1.165) is 17.5 Å². The number of aryl methyl sites for hydroxylation is 2. The number of aromatic nitrogens is 2. The first kappa shape index (κ1) is 13.7. The normalized spacial score (nSPS) is 12.7. The number of hydrogen-bond acceptors (Lipinski definition) is 2. The molecule has 0 amide bonds. The lowest BCUT2D eigenvalue weighted by molar-refractivity contribution is 0.523. The van der Waals surface area contributed by atoms with Crippen LogP contribution in [0.15, 0.2) is 24.3 Å². The lowest BCUT2D eigenvalue weighted by Crippen LogP contribution is -2.22. The van der Waals surface area contributed by atoms with Crippen molar-refractivity contribution in [1.29, 1.82) is 0 Å². The molecule has 102 valence electrons. The van der Waals surface area contributed by atoms with Gasteiger partial charge < -0.3 is 5.32 Å². The van der Waals surface area contributed by atoms with Crippen LogP contribution in [0.4, 0.5) is 8.78 Å². The van der Waals surface area contributed by atoms with E-state index in [-0.39, 0.29) is 6.04 Å². The summed E-state index contributed by atoms with van der Waals surface area (Å²) in [5.41, 5.74) is 2.16. The third-order valence-corrected chi connectivity index (χ3v) is 3.09. The molecule has 1 aromatic heterocycles. The molecule has 2 aromatic rings. The monoisotopic (exact) mass is 265 g/mol. The molecule has 0 aliphatic rings. The Morgan fingerprint density at radius 3 is 2.63 bits per heavy atom. The zero-order valence-corrected chi connectivity index (χ0v) is 11.2. The first-order valence-corrected chi connectivity index (χ1v) is 6.23. The van der Waals surface area contributed by atoms with Crippen molar-refractivity contribution in [3.05, 3.63) is 52.9 Å². The van der Waals surface area contributed by atoms with E-state index in [0.29, 0.717) is 12.1 Å². The summed E-state index contributed by atoms with van der Waals surface area (Å²) in [6.07, 6.45) is 0. The molecule has 1 heterocycles. The lowest BCUT2D eigenvalue weighted by atomic mass is 10.0. The quantitative estimate of drug-likeness (QED) is 0.921. The van der Waals surface area contributed by atoms with Crippen LogP contribution in [-0.4, -0.2) is 16.8 Å². The molecule has 2 rings (SSSR count). The van der Waals surface area contributed by atoms with Crippen LogP contribution in [0.2, 0.25) is 0 Å². The highest BCUT2D eigenvalue weighted by Gasteiger charge is 2.20. The van der Waals surface area contributed by atoms with Crippen molar-refractivity contribution in [2.75, 3.05) is 7.05 Å². The molecule has 0 spiro atoms. The van der Waals surface area contributed by atoms with Crippen LogP contribution >= 0.6 is 0 Å². The van der Waals surface area contributed by atoms with Crippen molar-refractivity contribution in [3.63, 3.8) is 0 Å². The Hall–Kier alpha value is -1.75. The minimum Gasteiger partial charge on any atom is -0.308 e. The smallest absolute Gasteiger partial charge is 0.131 e. The molecule has 0 aliphatic heterocycles. The molecule has 0 saturated heterocycles. The van der Waals surface area contributed by atoms with Crippen LogP contribution in [0, 0.1) is 18.6 Å². The first-order chi connectivity index (χ1) is 9.06. The summed E-state index contributed by atoms with van der Waals surface area (Å²) < 4.78 is 28.7. The predicted octanol–water partition coefficient (Wildman–Crippen LogP) is 2.80. The molecule has 3 nitrogen and oxygen atoms in total. The van der Waals surface area contributed by atoms with Crippen molar-refractivity contribution >= 4 is 0 Å². The fraction of sp³-hybridized carbons (Fsp3) is 0.357. The fourth-order valence-electron chi connectivity index (χ4n) is 2.25. The van der Waals surface area contributed by atoms with Gasteiger partial charge in [0.05, 0.1) is 17.4 Å². The third kappa shape index (κ3) is 2.66. The first-order valence-electron chi connectivity index (χ1n) is 6.23. The van der Waals surface area contributed by atoms with Gasteiger partial charge in [0.25, 0.3) is 0 Å². The number of nitrogens with zero attached hydrogens (tertiary/aromatic N) is 2. The molecule has 0 aliphatic carbocycles. The van der Waals surface area contributed by atoms with E-state index < -0.39 is 11.6 Å². The predicted molar refractivity (Wildman–Crippen MR) is 69.9 cm³/mol. The average Bonchev–Trinajstić information content (AvgIpc) is 2.74. The molecule has 1 atom stereocenters. The Bertz CT molecular complexity index is 578. The number of benzene rings is 1. The molecule has 1 unspecified atom stereocenters. The van der Waals surface area contributed by atoms with E-state index in [1.54, 1.807) is 7.05 Å². The molecule has 5 heteroatoms. The van der Waals surface area contributed by atoms with Gasteiger partial charge >= 0.3 is 0 Å². The van der Waals surface area contributed by atoms with Crippen LogP contribution < -0.4 is 5.32 Å². The maximum atomic E-state index is 13.9. The molecule has 1 aromatic carbocycles. The van der Waals surface area contributed by atoms with Gasteiger partial charge in [0.15, 0.2) is 0 Å². The average molecular weight is 265 g/mol. The molecule has 19 heavy (non-hydrogen) atoms. The van der Waals surface area contributed by atoms with Gasteiger partial charge in [-0.2, -0.15) is 5.10 Å². The Morgan fingerprint density at radius 1 is 1.32 bits per heavy atom. The Labute approximate surface area is 111 Å². The van der Waals surface area contributed by atoms with Gasteiger partial charge in [-0.15, -0.1) is 0 Å². The summed E-state index contributed by atoms with van der Waals surface area (Å²) in [5, 5.41) is 7.41. The summed E-state index contributed by atoms with van der Waals surface area (Å²) in [4.78, 5) is 0. The van der Waals surface area contributed by atoms with Crippen molar-refractivity contribution < 1.29 is 8.78 Å². The van der Waals surface area contributed by atoms with Crippen LogP contribution in [0.25, 0.3) is 0 Å². The van der Waals surface area contributed by atoms with Crippen molar-refractivity contribution in [1.82, 2.24) is 15.1 Å². The molecule has 0 saturated carbocycles. The van der Waals surface area contributed by atoms with E-state index in [9.17, 15) is 8.78 Å². The van der Waals surface area contributed by atoms with E-state index >= 15 is 0 Å². The molecular weight excluding hydrogens is 248 g/mol. The van der Waals surface area contributed by atoms with Crippen molar-refractivity contribution in [2.45, 2.75) is 26.4 Å². The Kier molecular flexibility index (Phi) is 3.95. The molecule has 0 bridgehead atoms. The fourth-order valence-corrected chi connectivity index (χ4v) is 2.25. The Balaban J connectivity index is 2.49. The second-order valence-corrected chi connectivity index (χ2v) is 4.41. The number of rotatable bonds is 4. The van der Waals surface area contributed by atoms with Gasteiger partial charge in [0.1, 0.15) is 11.6 Å². The van der Waals surface area contributed by atoms with E-state index in [1.165, 1.54) is 12.1 Å².